The van der Waals surface area contributed by atoms with Gasteiger partial charge < -0.3 is 14.6 Å². The number of nitrogens with zero attached hydrogens (tertiary/aromatic N) is 3. The lowest BCUT2D eigenvalue weighted by molar-refractivity contribution is -0.122. The number of rotatable bonds is 4. The molecule has 2 amide bonds. The van der Waals surface area contributed by atoms with Crippen molar-refractivity contribution in [2.24, 2.45) is 5.92 Å². The number of anilines is 2. The largest absolute Gasteiger partial charge is 0.326 e. The van der Waals surface area contributed by atoms with E-state index in [4.69, 9.17) is 4.98 Å². The Balaban J connectivity index is 1.27. The Morgan fingerprint density at radius 1 is 1.09 bits per heavy atom. The van der Waals surface area contributed by atoms with Crippen molar-refractivity contribution >= 4 is 28.8 Å². The standard InChI is InChI=1S/C25H21FN4O2/c1-16-3-2-12-29-15-22(28-24(16)29)17-4-8-20(9-5-17)27-25(32)18-13-23(31)30(14-18)21-10-6-19(26)7-11-21/h2-12,15,18H,13-14H2,1H3,(H,27,32)/t18-/m0/s1. The van der Waals surface area contributed by atoms with Crippen molar-refractivity contribution in [3.05, 3.63) is 84.4 Å². The Morgan fingerprint density at radius 3 is 2.56 bits per heavy atom. The second-order valence-electron chi connectivity index (χ2n) is 8.00. The molecule has 32 heavy (non-hydrogen) atoms. The highest BCUT2D eigenvalue weighted by Gasteiger charge is 2.35. The maximum absolute atomic E-state index is 13.2. The lowest BCUT2D eigenvalue weighted by atomic mass is 10.1. The summed E-state index contributed by atoms with van der Waals surface area (Å²) in [5, 5.41) is 2.90. The number of carbonyl (C=O) groups excluding carboxylic acids is 2. The molecule has 1 N–H and O–H groups in total. The van der Waals surface area contributed by atoms with Crippen molar-refractivity contribution in [2.45, 2.75) is 13.3 Å². The molecule has 1 atom stereocenters. The molecule has 0 bridgehead atoms. The van der Waals surface area contributed by atoms with Crippen LogP contribution < -0.4 is 10.2 Å². The number of hydrogen-bond acceptors (Lipinski definition) is 3. The van der Waals surface area contributed by atoms with Crippen molar-refractivity contribution in [1.82, 2.24) is 9.38 Å². The molecule has 1 saturated heterocycles. The van der Waals surface area contributed by atoms with Gasteiger partial charge in [0, 0.05) is 42.3 Å². The van der Waals surface area contributed by atoms with Crippen molar-refractivity contribution in [3.8, 4) is 11.3 Å². The number of pyridine rings is 1. The van der Waals surface area contributed by atoms with Crippen LogP contribution in [0.4, 0.5) is 15.8 Å². The number of carbonyl (C=O) groups is 2. The molecule has 2 aromatic heterocycles. The fourth-order valence-corrected chi connectivity index (χ4v) is 4.02. The summed E-state index contributed by atoms with van der Waals surface area (Å²) >= 11 is 0. The Morgan fingerprint density at radius 2 is 1.84 bits per heavy atom. The summed E-state index contributed by atoms with van der Waals surface area (Å²) < 4.78 is 15.1. The monoisotopic (exact) mass is 428 g/mol. The number of hydrogen-bond donors (Lipinski definition) is 1. The van der Waals surface area contributed by atoms with Gasteiger partial charge in [0.05, 0.1) is 11.6 Å². The maximum atomic E-state index is 13.2. The average Bonchev–Trinajstić information content (AvgIpc) is 3.40. The van der Waals surface area contributed by atoms with Gasteiger partial charge in [-0.25, -0.2) is 9.37 Å². The van der Waals surface area contributed by atoms with E-state index >= 15 is 0 Å². The molecule has 1 fully saturated rings. The zero-order valence-corrected chi connectivity index (χ0v) is 17.5. The van der Waals surface area contributed by atoms with E-state index in [2.05, 4.69) is 5.32 Å². The van der Waals surface area contributed by atoms with Gasteiger partial charge in [0.15, 0.2) is 0 Å². The van der Waals surface area contributed by atoms with E-state index in [0.29, 0.717) is 11.4 Å². The lowest BCUT2D eigenvalue weighted by Gasteiger charge is -2.16. The van der Waals surface area contributed by atoms with Gasteiger partial charge in [-0.2, -0.15) is 0 Å². The van der Waals surface area contributed by atoms with Crippen molar-refractivity contribution < 1.29 is 14.0 Å². The molecule has 0 spiro atoms. The number of nitrogens with one attached hydrogen (secondary N) is 1. The van der Waals surface area contributed by atoms with Gasteiger partial charge in [0.25, 0.3) is 0 Å². The minimum absolute atomic E-state index is 0.127. The summed E-state index contributed by atoms with van der Waals surface area (Å²) in [6.45, 7) is 2.30. The fourth-order valence-electron chi connectivity index (χ4n) is 4.02. The minimum Gasteiger partial charge on any atom is -0.326 e. The first-order valence-electron chi connectivity index (χ1n) is 10.4. The number of aryl methyl sites for hydroxylation is 1. The fraction of sp³-hybridized carbons (Fsp3) is 0.160. The van der Waals surface area contributed by atoms with Gasteiger partial charge in [-0.15, -0.1) is 0 Å². The topological polar surface area (TPSA) is 66.7 Å². The molecule has 3 heterocycles. The molecule has 0 aliphatic carbocycles. The quantitative estimate of drug-likeness (QED) is 0.523. The van der Waals surface area contributed by atoms with E-state index in [0.717, 1.165) is 22.5 Å². The third kappa shape index (κ3) is 3.73. The van der Waals surface area contributed by atoms with Crippen LogP contribution in [0.15, 0.2) is 73.1 Å². The molecule has 1 aliphatic rings. The lowest BCUT2D eigenvalue weighted by Crippen LogP contribution is -2.28. The Labute approximate surface area is 184 Å². The summed E-state index contributed by atoms with van der Waals surface area (Å²) in [5.74, 6) is -1.18. The van der Waals surface area contributed by atoms with E-state index in [9.17, 15) is 14.0 Å². The number of halogens is 1. The van der Waals surface area contributed by atoms with Gasteiger partial charge in [-0.1, -0.05) is 18.2 Å². The van der Waals surface area contributed by atoms with Crippen molar-refractivity contribution in [2.75, 3.05) is 16.8 Å². The van der Waals surface area contributed by atoms with E-state index in [-0.39, 0.29) is 30.6 Å². The van der Waals surface area contributed by atoms with Gasteiger partial charge in [0.1, 0.15) is 11.5 Å². The molecule has 5 rings (SSSR count). The first kappa shape index (κ1) is 19.9. The van der Waals surface area contributed by atoms with Crippen LogP contribution in [0.3, 0.4) is 0 Å². The Bertz CT molecular complexity index is 1310. The summed E-state index contributed by atoms with van der Waals surface area (Å²) in [6.07, 6.45) is 4.07. The molecule has 0 radical (unpaired) electrons. The van der Waals surface area contributed by atoms with Crippen LogP contribution in [-0.2, 0) is 9.59 Å². The van der Waals surface area contributed by atoms with Gasteiger partial charge in [-0.05, 0) is 55.0 Å². The Hall–Kier alpha value is -4.00. The highest BCUT2D eigenvalue weighted by atomic mass is 19.1. The predicted octanol–water partition coefficient (Wildman–Crippen LogP) is 4.44. The molecular weight excluding hydrogens is 407 g/mol. The van der Waals surface area contributed by atoms with Crippen LogP contribution in [0, 0.1) is 18.7 Å². The van der Waals surface area contributed by atoms with Crippen molar-refractivity contribution in [1.29, 1.82) is 0 Å². The minimum atomic E-state index is -0.464. The van der Waals surface area contributed by atoms with E-state index in [1.807, 2.05) is 60.1 Å². The summed E-state index contributed by atoms with van der Waals surface area (Å²) in [5.41, 5.74) is 5.07. The molecule has 6 nitrogen and oxygen atoms in total. The second-order valence-corrected chi connectivity index (χ2v) is 8.00. The maximum Gasteiger partial charge on any atom is 0.229 e. The van der Waals surface area contributed by atoms with Crippen LogP contribution >= 0.6 is 0 Å². The highest BCUT2D eigenvalue weighted by Crippen LogP contribution is 2.27. The third-order valence-corrected chi connectivity index (χ3v) is 5.76. The molecule has 4 aromatic rings. The molecule has 0 saturated carbocycles. The van der Waals surface area contributed by atoms with Gasteiger partial charge in [0.2, 0.25) is 11.8 Å². The number of fused-ring (bicyclic) bond motifs is 1. The summed E-state index contributed by atoms with van der Waals surface area (Å²) in [6, 6.07) is 17.2. The molecule has 1 aliphatic heterocycles. The Kier molecular flexibility index (Phi) is 4.93. The molecule has 160 valence electrons. The molecule has 7 heteroatoms. The first-order chi connectivity index (χ1) is 15.5. The number of amides is 2. The third-order valence-electron chi connectivity index (χ3n) is 5.76. The molecule has 2 aromatic carbocycles. The zero-order valence-electron chi connectivity index (χ0n) is 17.5. The summed E-state index contributed by atoms with van der Waals surface area (Å²) in [7, 11) is 0. The van der Waals surface area contributed by atoms with Crippen LogP contribution in [0.5, 0.6) is 0 Å². The van der Waals surface area contributed by atoms with Crippen LogP contribution in [-0.4, -0.2) is 27.7 Å². The zero-order chi connectivity index (χ0) is 22.2. The number of imidazole rings is 1. The van der Waals surface area contributed by atoms with Gasteiger partial charge in [-0.3, -0.25) is 9.59 Å². The van der Waals surface area contributed by atoms with E-state index < -0.39 is 5.92 Å². The smallest absolute Gasteiger partial charge is 0.229 e. The van der Waals surface area contributed by atoms with E-state index in [1.54, 1.807) is 12.1 Å². The first-order valence-corrected chi connectivity index (χ1v) is 10.4. The highest BCUT2D eigenvalue weighted by molar-refractivity contribution is 6.03. The van der Waals surface area contributed by atoms with Gasteiger partial charge >= 0.3 is 0 Å². The van der Waals surface area contributed by atoms with Crippen LogP contribution in [0.2, 0.25) is 0 Å². The predicted molar refractivity (Wildman–Crippen MR) is 121 cm³/mol. The van der Waals surface area contributed by atoms with Crippen LogP contribution in [0.25, 0.3) is 16.9 Å². The number of benzene rings is 2. The molecule has 0 unspecified atom stereocenters. The summed E-state index contributed by atoms with van der Waals surface area (Å²) in [4.78, 5) is 31.3. The second kappa shape index (κ2) is 7.92. The van der Waals surface area contributed by atoms with Crippen molar-refractivity contribution in [3.63, 3.8) is 0 Å². The molecular formula is C25H21FN4O2. The average molecular weight is 428 g/mol. The number of aromatic nitrogens is 2. The van der Waals surface area contributed by atoms with Crippen LogP contribution in [0.1, 0.15) is 12.0 Å². The van der Waals surface area contributed by atoms with E-state index in [1.165, 1.54) is 17.0 Å². The normalized spacial score (nSPS) is 16.0. The SMILES string of the molecule is Cc1cccn2cc(-c3ccc(NC(=O)[C@H]4CC(=O)N(c5ccc(F)cc5)C4)cc3)nc12.